The van der Waals surface area contributed by atoms with Gasteiger partial charge in [-0.05, 0) is 25.3 Å². The number of nitrogens with zero attached hydrogens (tertiary/aromatic N) is 2. The van der Waals surface area contributed by atoms with Crippen molar-refractivity contribution in [3.8, 4) is 11.6 Å². The first-order valence-corrected chi connectivity index (χ1v) is 7.14. The molecule has 2 aromatic rings. The van der Waals surface area contributed by atoms with Gasteiger partial charge < -0.3 is 10.1 Å². The van der Waals surface area contributed by atoms with Gasteiger partial charge in [-0.25, -0.2) is 13.8 Å². The van der Waals surface area contributed by atoms with Crippen molar-refractivity contribution in [3.63, 3.8) is 0 Å². The van der Waals surface area contributed by atoms with E-state index in [4.69, 9.17) is 4.74 Å². The molecular weight excluding hydrogens is 284 g/mol. The highest BCUT2D eigenvalue weighted by molar-refractivity contribution is 7.98. The Kier molecular flexibility index (Phi) is 4.73. The molecule has 0 aliphatic carbocycles. The van der Waals surface area contributed by atoms with Crippen LogP contribution in [0.1, 0.15) is 6.92 Å². The Morgan fingerprint density at radius 1 is 1.25 bits per heavy atom. The number of hydrogen-bond acceptors (Lipinski definition) is 5. The molecule has 20 heavy (non-hydrogen) atoms. The van der Waals surface area contributed by atoms with Crippen LogP contribution in [-0.4, -0.2) is 22.8 Å². The summed E-state index contributed by atoms with van der Waals surface area (Å²) in [5.74, 6) is -0.732. The van der Waals surface area contributed by atoms with E-state index in [1.807, 2.05) is 13.2 Å². The number of anilines is 1. The summed E-state index contributed by atoms with van der Waals surface area (Å²) in [6.07, 6.45) is 1.83. The summed E-state index contributed by atoms with van der Waals surface area (Å²) in [5.41, 5.74) is 0. The van der Waals surface area contributed by atoms with Gasteiger partial charge in [0.15, 0.2) is 16.7 Å². The van der Waals surface area contributed by atoms with Gasteiger partial charge in [0.05, 0.1) is 0 Å². The second kappa shape index (κ2) is 6.51. The second-order valence-electron chi connectivity index (χ2n) is 3.79. The van der Waals surface area contributed by atoms with E-state index >= 15 is 0 Å². The van der Waals surface area contributed by atoms with Crippen LogP contribution in [0.25, 0.3) is 0 Å². The summed E-state index contributed by atoms with van der Waals surface area (Å²) in [4.78, 5) is 8.35. The fraction of sp³-hybridized carbons (Fsp3) is 0.231. The van der Waals surface area contributed by atoms with Crippen LogP contribution in [0.2, 0.25) is 0 Å². The van der Waals surface area contributed by atoms with Crippen LogP contribution in [0.4, 0.5) is 14.6 Å². The fourth-order valence-corrected chi connectivity index (χ4v) is 1.86. The maximum atomic E-state index is 13.5. The van der Waals surface area contributed by atoms with Crippen LogP contribution < -0.4 is 10.1 Å². The van der Waals surface area contributed by atoms with Crippen molar-refractivity contribution in [2.24, 2.45) is 0 Å². The number of aromatic nitrogens is 2. The molecule has 0 fully saturated rings. The number of rotatable bonds is 5. The number of nitrogens with one attached hydrogen (secondary N) is 1. The number of benzene rings is 1. The third-order valence-electron chi connectivity index (χ3n) is 2.33. The number of thioether (sulfide) groups is 1. The molecule has 0 bridgehead atoms. The molecule has 4 nitrogen and oxygen atoms in total. The molecule has 106 valence electrons. The highest BCUT2D eigenvalue weighted by Gasteiger charge is 2.10. The van der Waals surface area contributed by atoms with E-state index in [1.54, 1.807) is 6.07 Å². The lowest BCUT2D eigenvalue weighted by Crippen LogP contribution is -2.02. The van der Waals surface area contributed by atoms with Crippen molar-refractivity contribution >= 4 is 17.6 Å². The molecule has 7 heteroatoms. The van der Waals surface area contributed by atoms with Gasteiger partial charge in [-0.15, -0.1) is 0 Å². The van der Waals surface area contributed by atoms with Crippen LogP contribution in [0.5, 0.6) is 11.6 Å². The van der Waals surface area contributed by atoms with Crippen LogP contribution in [0, 0.1) is 11.6 Å². The lowest BCUT2D eigenvalue weighted by atomic mass is 10.3. The molecule has 0 saturated heterocycles. The maximum Gasteiger partial charge on any atom is 0.225 e. The molecule has 0 aliphatic heterocycles. The number of ether oxygens (including phenoxy) is 1. The first kappa shape index (κ1) is 14.5. The lowest BCUT2D eigenvalue weighted by Gasteiger charge is -2.09. The van der Waals surface area contributed by atoms with Gasteiger partial charge in [0.25, 0.3) is 0 Å². The highest BCUT2D eigenvalue weighted by atomic mass is 32.2. The molecule has 0 spiro atoms. The minimum Gasteiger partial charge on any atom is -0.436 e. The zero-order valence-corrected chi connectivity index (χ0v) is 11.8. The standard InChI is InChI=1S/C13H13F2N3OS/c1-3-16-11-7-12(18-13(17-11)20-2)19-10-5-4-8(14)6-9(10)15/h4-7H,3H2,1-2H3,(H,16,17,18). The van der Waals surface area contributed by atoms with Gasteiger partial charge in [0.2, 0.25) is 5.88 Å². The summed E-state index contributed by atoms with van der Waals surface area (Å²) in [6.45, 7) is 2.62. The molecule has 1 aromatic carbocycles. The third kappa shape index (κ3) is 3.57. The van der Waals surface area contributed by atoms with E-state index in [1.165, 1.54) is 17.8 Å². The summed E-state index contributed by atoms with van der Waals surface area (Å²) < 4.78 is 31.7. The van der Waals surface area contributed by atoms with Gasteiger partial charge in [0, 0.05) is 18.7 Å². The summed E-state index contributed by atoms with van der Waals surface area (Å²) in [7, 11) is 0. The van der Waals surface area contributed by atoms with E-state index in [0.29, 0.717) is 17.5 Å². The van der Waals surface area contributed by atoms with Gasteiger partial charge in [-0.2, -0.15) is 4.98 Å². The minimum absolute atomic E-state index is 0.0837. The Bertz CT molecular complexity index is 610. The van der Waals surface area contributed by atoms with Crippen molar-refractivity contribution in [1.82, 2.24) is 9.97 Å². The zero-order valence-electron chi connectivity index (χ0n) is 11.0. The van der Waals surface area contributed by atoms with E-state index in [2.05, 4.69) is 15.3 Å². The molecule has 2 rings (SSSR count). The normalized spacial score (nSPS) is 10.4. The van der Waals surface area contributed by atoms with Crippen molar-refractivity contribution < 1.29 is 13.5 Å². The van der Waals surface area contributed by atoms with Gasteiger partial charge in [-0.3, -0.25) is 0 Å². The molecule has 1 heterocycles. The predicted molar refractivity (Wildman–Crippen MR) is 74.4 cm³/mol. The molecule has 0 amide bonds. The molecule has 0 saturated carbocycles. The summed E-state index contributed by atoms with van der Waals surface area (Å²) in [6, 6.07) is 4.67. The van der Waals surface area contributed by atoms with Crippen LogP contribution >= 0.6 is 11.8 Å². The van der Waals surface area contributed by atoms with Gasteiger partial charge in [-0.1, -0.05) is 11.8 Å². The number of halogens is 2. The smallest absolute Gasteiger partial charge is 0.225 e. The Morgan fingerprint density at radius 3 is 2.70 bits per heavy atom. The monoisotopic (exact) mass is 297 g/mol. The van der Waals surface area contributed by atoms with Crippen molar-refractivity contribution in [2.75, 3.05) is 18.1 Å². The summed E-state index contributed by atoms with van der Waals surface area (Å²) in [5, 5.41) is 3.53. The van der Waals surface area contributed by atoms with Crippen LogP contribution in [-0.2, 0) is 0 Å². The topological polar surface area (TPSA) is 47.0 Å². The molecule has 0 radical (unpaired) electrons. The average Bonchev–Trinajstić information content (AvgIpc) is 2.42. The molecule has 1 aromatic heterocycles. The summed E-state index contributed by atoms with van der Waals surface area (Å²) >= 11 is 1.34. The van der Waals surface area contributed by atoms with E-state index in [0.717, 1.165) is 12.1 Å². The van der Waals surface area contributed by atoms with Gasteiger partial charge >= 0.3 is 0 Å². The average molecular weight is 297 g/mol. The second-order valence-corrected chi connectivity index (χ2v) is 4.56. The molecule has 1 N–H and O–H groups in total. The van der Waals surface area contributed by atoms with Crippen molar-refractivity contribution in [3.05, 3.63) is 35.9 Å². The molecule has 0 atom stereocenters. The molecule has 0 unspecified atom stereocenters. The fourth-order valence-electron chi connectivity index (χ4n) is 1.49. The first-order chi connectivity index (χ1) is 9.62. The maximum absolute atomic E-state index is 13.5. The first-order valence-electron chi connectivity index (χ1n) is 5.92. The van der Waals surface area contributed by atoms with E-state index < -0.39 is 11.6 Å². The molecular formula is C13H13F2N3OS. The minimum atomic E-state index is -0.778. The Hall–Kier alpha value is -1.89. The van der Waals surface area contributed by atoms with Crippen molar-refractivity contribution in [1.29, 1.82) is 0 Å². The SMILES string of the molecule is CCNc1cc(Oc2ccc(F)cc2F)nc(SC)n1. The quantitative estimate of drug-likeness (QED) is 0.673. The molecule has 0 aliphatic rings. The number of hydrogen-bond donors (Lipinski definition) is 1. The third-order valence-corrected chi connectivity index (χ3v) is 2.88. The Morgan fingerprint density at radius 2 is 2.05 bits per heavy atom. The van der Waals surface area contributed by atoms with Crippen LogP contribution in [0.15, 0.2) is 29.4 Å². The Labute approximate surface area is 119 Å². The van der Waals surface area contributed by atoms with Gasteiger partial charge in [0.1, 0.15) is 11.6 Å². The van der Waals surface area contributed by atoms with E-state index in [-0.39, 0.29) is 11.6 Å². The largest absolute Gasteiger partial charge is 0.436 e. The predicted octanol–water partition coefficient (Wildman–Crippen LogP) is 3.70. The Balaban J connectivity index is 2.29. The highest BCUT2D eigenvalue weighted by Crippen LogP contribution is 2.26. The van der Waals surface area contributed by atoms with E-state index in [9.17, 15) is 8.78 Å². The lowest BCUT2D eigenvalue weighted by molar-refractivity contribution is 0.419. The van der Waals surface area contributed by atoms with Crippen LogP contribution in [0.3, 0.4) is 0 Å². The zero-order chi connectivity index (χ0) is 14.5. The van der Waals surface area contributed by atoms with Crippen molar-refractivity contribution in [2.45, 2.75) is 12.1 Å².